The summed E-state index contributed by atoms with van der Waals surface area (Å²) in [5.74, 6) is -0.0167. The number of amides is 1. The molecule has 0 spiro atoms. The van der Waals surface area contributed by atoms with Crippen LogP contribution in [-0.2, 0) is 4.79 Å². The third-order valence-electron chi connectivity index (χ3n) is 1.28. The lowest BCUT2D eigenvalue weighted by Crippen LogP contribution is -2.38. The number of carbonyl (C=O) groups excluding carboxylic acids is 1. The molecule has 6 heteroatoms. The van der Waals surface area contributed by atoms with E-state index >= 15 is 0 Å². The molecule has 0 aliphatic carbocycles. The molecule has 0 bridgehead atoms. The first kappa shape index (κ1) is 9.25. The SMILES string of the molecule is O=C(N1CCSC1)C(F)(F)Br. The summed E-state index contributed by atoms with van der Waals surface area (Å²) in [6.45, 7) is 0.421. The summed E-state index contributed by atoms with van der Waals surface area (Å²) in [5, 5.41) is 0. The Morgan fingerprint density at radius 2 is 2.27 bits per heavy atom. The molecule has 0 aromatic heterocycles. The van der Waals surface area contributed by atoms with Crippen LogP contribution >= 0.6 is 27.7 Å². The van der Waals surface area contributed by atoms with Crippen molar-refractivity contribution in [2.75, 3.05) is 18.2 Å². The van der Waals surface area contributed by atoms with Gasteiger partial charge in [-0.2, -0.15) is 8.78 Å². The molecule has 2 nitrogen and oxygen atoms in total. The fraction of sp³-hybridized carbons (Fsp3) is 0.800. The molecule has 1 rings (SSSR count). The van der Waals surface area contributed by atoms with Crippen LogP contribution < -0.4 is 0 Å². The largest absolute Gasteiger partial charge is 0.378 e. The molecule has 1 heterocycles. The first-order valence-corrected chi connectivity index (χ1v) is 4.90. The number of hydrogen-bond donors (Lipinski definition) is 0. The Morgan fingerprint density at radius 3 is 2.64 bits per heavy atom. The quantitative estimate of drug-likeness (QED) is 0.653. The minimum atomic E-state index is -3.39. The van der Waals surface area contributed by atoms with Gasteiger partial charge in [0.25, 0.3) is 0 Å². The van der Waals surface area contributed by atoms with Crippen LogP contribution in [0.2, 0.25) is 0 Å². The van der Waals surface area contributed by atoms with Gasteiger partial charge in [-0.1, -0.05) is 0 Å². The normalized spacial score (nSPS) is 19.0. The van der Waals surface area contributed by atoms with E-state index in [1.807, 2.05) is 15.9 Å². The highest BCUT2D eigenvalue weighted by Gasteiger charge is 2.39. The summed E-state index contributed by atoms with van der Waals surface area (Å²) in [6, 6.07) is 0. The molecule has 0 saturated carbocycles. The second-order valence-corrected chi connectivity index (χ2v) is 4.17. The Morgan fingerprint density at radius 1 is 1.64 bits per heavy atom. The van der Waals surface area contributed by atoms with Crippen molar-refractivity contribution in [3.63, 3.8) is 0 Å². The van der Waals surface area contributed by atoms with E-state index < -0.39 is 10.7 Å². The standard InChI is InChI=1S/C5H6BrF2NOS/c6-5(7,8)4(10)9-1-2-11-3-9/h1-3H2. The van der Waals surface area contributed by atoms with E-state index in [2.05, 4.69) is 0 Å². The van der Waals surface area contributed by atoms with E-state index in [9.17, 15) is 13.6 Å². The van der Waals surface area contributed by atoms with Crippen LogP contribution in [0.4, 0.5) is 8.78 Å². The van der Waals surface area contributed by atoms with Crippen LogP contribution in [0.15, 0.2) is 0 Å². The highest BCUT2D eigenvalue weighted by molar-refractivity contribution is 9.10. The molecule has 11 heavy (non-hydrogen) atoms. The molecular formula is C5H6BrF2NOS. The highest BCUT2D eigenvalue weighted by atomic mass is 79.9. The Balaban J connectivity index is 2.53. The predicted octanol–water partition coefficient (Wildman–Crippen LogP) is 1.51. The highest BCUT2D eigenvalue weighted by Crippen LogP contribution is 2.27. The fourth-order valence-electron chi connectivity index (χ4n) is 0.753. The van der Waals surface area contributed by atoms with Crippen molar-refractivity contribution in [2.24, 2.45) is 0 Å². The molecule has 1 fully saturated rings. The molecular weight excluding hydrogens is 240 g/mol. The number of hydrogen-bond acceptors (Lipinski definition) is 2. The van der Waals surface area contributed by atoms with Crippen LogP contribution in [0.5, 0.6) is 0 Å². The van der Waals surface area contributed by atoms with Crippen molar-refractivity contribution < 1.29 is 13.6 Å². The van der Waals surface area contributed by atoms with E-state index in [0.29, 0.717) is 12.4 Å². The Labute approximate surface area is 75.4 Å². The van der Waals surface area contributed by atoms with Crippen LogP contribution in [0.25, 0.3) is 0 Å². The van der Waals surface area contributed by atoms with Gasteiger partial charge in [0.1, 0.15) is 0 Å². The summed E-state index contributed by atoms with van der Waals surface area (Å²) in [5.41, 5.74) is 0. The topological polar surface area (TPSA) is 20.3 Å². The van der Waals surface area contributed by atoms with Gasteiger partial charge in [-0.25, -0.2) is 0 Å². The van der Waals surface area contributed by atoms with Crippen LogP contribution in [0, 0.1) is 0 Å². The molecule has 0 atom stereocenters. The summed E-state index contributed by atoms with van der Waals surface area (Å²) < 4.78 is 24.6. The lowest BCUT2D eigenvalue weighted by Gasteiger charge is -2.17. The smallest absolute Gasteiger partial charge is 0.327 e. The zero-order valence-electron chi connectivity index (χ0n) is 5.52. The van der Waals surface area contributed by atoms with Gasteiger partial charge in [0.2, 0.25) is 0 Å². The van der Waals surface area contributed by atoms with E-state index in [0.717, 1.165) is 10.7 Å². The molecule has 1 aliphatic heterocycles. The first-order valence-electron chi connectivity index (χ1n) is 2.95. The summed E-state index contributed by atoms with van der Waals surface area (Å²) >= 11 is 3.50. The van der Waals surface area contributed by atoms with Gasteiger partial charge in [0, 0.05) is 28.2 Å². The minimum absolute atomic E-state index is 0.375. The second kappa shape index (κ2) is 3.26. The number of carbonyl (C=O) groups is 1. The Hall–Kier alpha value is 0.160. The number of alkyl halides is 3. The molecule has 64 valence electrons. The average Bonchev–Trinajstić information content (AvgIpc) is 2.34. The Kier molecular flexibility index (Phi) is 2.74. The van der Waals surface area contributed by atoms with Gasteiger partial charge in [0.05, 0.1) is 5.88 Å². The second-order valence-electron chi connectivity index (χ2n) is 2.10. The van der Waals surface area contributed by atoms with Crippen LogP contribution in [-0.4, -0.2) is 33.8 Å². The molecule has 0 N–H and O–H groups in total. The van der Waals surface area contributed by atoms with Crippen molar-refractivity contribution in [3.05, 3.63) is 0 Å². The lowest BCUT2D eigenvalue weighted by molar-refractivity contribution is -0.143. The average molecular weight is 246 g/mol. The van der Waals surface area contributed by atoms with Gasteiger partial charge in [-0.3, -0.25) is 4.79 Å². The summed E-state index contributed by atoms with van der Waals surface area (Å²) in [7, 11) is 0. The van der Waals surface area contributed by atoms with Crippen molar-refractivity contribution in [3.8, 4) is 0 Å². The molecule has 0 aromatic carbocycles. The van der Waals surface area contributed by atoms with Crippen LogP contribution in [0.3, 0.4) is 0 Å². The number of rotatable bonds is 1. The van der Waals surface area contributed by atoms with Gasteiger partial charge >= 0.3 is 10.7 Å². The molecule has 0 radical (unpaired) electrons. The third-order valence-corrected chi connectivity index (χ3v) is 2.59. The third kappa shape index (κ3) is 2.30. The monoisotopic (exact) mass is 245 g/mol. The van der Waals surface area contributed by atoms with E-state index in [1.54, 1.807) is 0 Å². The maximum Gasteiger partial charge on any atom is 0.378 e. The first-order chi connectivity index (χ1) is 5.02. The lowest BCUT2D eigenvalue weighted by atomic mass is 10.5. The summed E-state index contributed by atoms with van der Waals surface area (Å²) in [4.78, 5) is 8.53. The number of thioether (sulfide) groups is 1. The van der Waals surface area contributed by atoms with Gasteiger partial charge < -0.3 is 4.90 Å². The maximum absolute atomic E-state index is 12.3. The number of halogens is 3. The van der Waals surface area contributed by atoms with E-state index in [4.69, 9.17) is 0 Å². The van der Waals surface area contributed by atoms with Gasteiger partial charge in [-0.15, -0.1) is 11.8 Å². The van der Waals surface area contributed by atoms with Crippen molar-refractivity contribution >= 4 is 33.6 Å². The molecule has 0 unspecified atom stereocenters. The van der Waals surface area contributed by atoms with Crippen molar-refractivity contribution in [1.82, 2.24) is 4.90 Å². The van der Waals surface area contributed by atoms with E-state index in [-0.39, 0.29) is 0 Å². The van der Waals surface area contributed by atoms with Gasteiger partial charge in [0.15, 0.2) is 0 Å². The molecule has 1 aliphatic rings. The Bertz CT molecular complexity index is 166. The summed E-state index contributed by atoms with van der Waals surface area (Å²) in [6.07, 6.45) is 0. The van der Waals surface area contributed by atoms with Gasteiger partial charge in [-0.05, 0) is 0 Å². The van der Waals surface area contributed by atoms with Crippen molar-refractivity contribution in [2.45, 2.75) is 4.83 Å². The van der Waals surface area contributed by atoms with Crippen LogP contribution in [0.1, 0.15) is 0 Å². The minimum Gasteiger partial charge on any atom is -0.327 e. The zero-order chi connectivity index (χ0) is 8.48. The zero-order valence-corrected chi connectivity index (χ0v) is 7.92. The number of nitrogens with zero attached hydrogens (tertiary/aromatic N) is 1. The maximum atomic E-state index is 12.3. The molecule has 1 amide bonds. The molecule has 0 aromatic rings. The fourth-order valence-corrected chi connectivity index (χ4v) is 1.95. The van der Waals surface area contributed by atoms with E-state index in [1.165, 1.54) is 11.8 Å². The molecule has 1 saturated heterocycles. The van der Waals surface area contributed by atoms with Crippen molar-refractivity contribution in [1.29, 1.82) is 0 Å². The predicted molar refractivity (Wildman–Crippen MR) is 42.9 cm³/mol.